The lowest BCUT2D eigenvalue weighted by Crippen LogP contribution is -2.48. The normalized spacial score (nSPS) is 10.1. The van der Waals surface area contributed by atoms with Crippen molar-refractivity contribution in [2.24, 2.45) is 0 Å². The number of anilines is 1. The van der Waals surface area contributed by atoms with Crippen LogP contribution in [0, 0.1) is 0 Å². The van der Waals surface area contributed by atoms with Gasteiger partial charge in [0, 0.05) is 11.3 Å². The van der Waals surface area contributed by atoms with E-state index in [1.54, 1.807) is 41.8 Å². The van der Waals surface area contributed by atoms with Crippen molar-refractivity contribution in [2.75, 3.05) is 5.32 Å². The predicted molar refractivity (Wildman–Crippen MR) is 105 cm³/mol. The van der Waals surface area contributed by atoms with E-state index in [0.717, 1.165) is 0 Å². The van der Waals surface area contributed by atoms with Gasteiger partial charge in [-0.05, 0) is 47.8 Å². The molecule has 0 fully saturated rings. The molecule has 0 atom stereocenters. The molecule has 9 nitrogen and oxygen atoms in total. The zero-order chi connectivity index (χ0) is 20.6. The maximum Gasteiger partial charge on any atom is 0.327 e. The molecule has 3 rings (SSSR count). The maximum atomic E-state index is 12.1. The third-order valence-corrected chi connectivity index (χ3v) is 4.52. The first-order valence-electron chi connectivity index (χ1n) is 8.39. The molecule has 0 saturated heterocycles. The molecule has 148 valence electrons. The largest absolute Gasteiger partial charge is 0.467 e. The first-order valence-corrected chi connectivity index (χ1v) is 9.26. The van der Waals surface area contributed by atoms with Crippen LogP contribution in [-0.4, -0.2) is 23.6 Å². The fraction of sp³-hybridized carbons (Fsp3) is 0.0526. The van der Waals surface area contributed by atoms with Crippen LogP contribution in [0.15, 0.2) is 64.6 Å². The van der Waals surface area contributed by atoms with Crippen LogP contribution in [0.25, 0.3) is 0 Å². The van der Waals surface area contributed by atoms with Crippen LogP contribution in [0.3, 0.4) is 0 Å². The van der Waals surface area contributed by atoms with Crippen LogP contribution < -0.4 is 21.5 Å². The molecule has 2 heterocycles. The number of nitrogens with one attached hydrogen (secondary N) is 4. The first kappa shape index (κ1) is 19.8. The summed E-state index contributed by atoms with van der Waals surface area (Å²) in [7, 11) is 0. The lowest BCUT2D eigenvalue weighted by Gasteiger charge is -2.08. The molecule has 0 bridgehead atoms. The first-order chi connectivity index (χ1) is 14.0. The molecule has 29 heavy (non-hydrogen) atoms. The Morgan fingerprint density at radius 1 is 0.862 bits per heavy atom. The second-order valence-electron chi connectivity index (χ2n) is 5.68. The Bertz CT molecular complexity index is 998. The molecular weight excluding hydrogens is 396 g/mol. The van der Waals surface area contributed by atoms with Gasteiger partial charge in [0.15, 0.2) is 0 Å². The number of hydrazine groups is 1. The van der Waals surface area contributed by atoms with E-state index in [9.17, 15) is 19.2 Å². The van der Waals surface area contributed by atoms with Crippen LogP contribution in [0.5, 0.6) is 0 Å². The Balaban J connectivity index is 1.45. The van der Waals surface area contributed by atoms with E-state index >= 15 is 0 Å². The molecule has 0 aliphatic carbocycles. The van der Waals surface area contributed by atoms with Crippen molar-refractivity contribution >= 4 is 40.7 Å². The lowest BCUT2D eigenvalue weighted by atomic mass is 10.2. The smallest absolute Gasteiger partial charge is 0.327 e. The van der Waals surface area contributed by atoms with Gasteiger partial charge in [0.1, 0.15) is 5.76 Å². The maximum absolute atomic E-state index is 12.1. The highest BCUT2D eigenvalue weighted by Crippen LogP contribution is 2.14. The molecule has 2 aromatic heterocycles. The Hall–Kier alpha value is -3.92. The average Bonchev–Trinajstić information content (AvgIpc) is 3.44. The van der Waals surface area contributed by atoms with Crippen molar-refractivity contribution < 1.29 is 23.6 Å². The van der Waals surface area contributed by atoms with E-state index in [-0.39, 0.29) is 18.0 Å². The van der Waals surface area contributed by atoms with Gasteiger partial charge in [0.05, 0.1) is 17.7 Å². The van der Waals surface area contributed by atoms with Crippen molar-refractivity contribution in [3.8, 4) is 0 Å². The molecule has 0 aliphatic rings. The lowest BCUT2D eigenvalue weighted by molar-refractivity contribution is -0.139. The molecule has 0 radical (unpaired) electrons. The zero-order valence-electron chi connectivity index (χ0n) is 14.9. The predicted octanol–water partition coefficient (Wildman–Crippen LogP) is 1.67. The third kappa shape index (κ3) is 5.53. The second-order valence-corrected chi connectivity index (χ2v) is 6.63. The van der Waals surface area contributed by atoms with Crippen LogP contribution >= 0.6 is 11.3 Å². The highest BCUT2D eigenvalue weighted by Gasteiger charge is 2.15. The van der Waals surface area contributed by atoms with Gasteiger partial charge in [0.2, 0.25) is 0 Å². The molecule has 4 amide bonds. The number of hydrogen-bond acceptors (Lipinski definition) is 6. The SMILES string of the molecule is O=C(NCc1ccco1)C(=O)NNC(=O)c1ccc(NC(=O)c2cccs2)cc1. The van der Waals surface area contributed by atoms with Crippen molar-refractivity contribution in [3.05, 3.63) is 76.4 Å². The van der Waals surface area contributed by atoms with E-state index < -0.39 is 17.7 Å². The molecule has 0 spiro atoms. The fourth-order valence-corrected chi connectivity index (χ4v) is 2.83. The van der Waals surface area contributed by atoms with Crippen molar-refractivity contribution in [2.45, 2.75) is 6.54 Å². The summed E-state index contributed by atoms with van der Waals surface area (Å²) in [6.45, 7) is 0.0475. The highest BCUT2D eigenvalue weighted by atomic mass is 32.1. The van der Waals surface area contributed by atoms with E-state index in [1.165, 1.54) is 29.7 Å². The van der Waals surface area contributed by atoms with Crippen LogP contribution in [0.4, 0.5) is 5.69 Å². The summed E-state index contributed by atoms with van der Waals surface area (Å²) >= 11 is 1.32. The van der Waals surface area contributed by atoms with E-state index in [1.807, 2.05) is 5.43 Å². The summed E-state index contributed by atoms with van der Waals surface area (Å²) in [6.07, 6.45) is 1.45. The standard InChI is InChI=1S/C19H16N4O5S/c24-16(22-23-19(27)18(26)20-11-14-3-1-9-28-14)12-5-7-13(8-6-12)21-17(25)15-4-2-10-29-15/h1-10H,11H2,(H,20,26)(H,21,25)(H,22,24)(H,23,27). The van der Waals surface area contributed by atoms with Gasteiger partial charge in [-0.1, -0.05) is 6.07 Å². The van der Waals surface area contributed by atoms with Gasteiger partial charge >= 0.3 is 11.8 Å². The number of carbonyl (C=O) groups excluding carboxylic acids is 4. The Morgan fingerprint density at radius 3 is 2.31 bits per heavy atom. The number of benzene rings is 1. The molecule has 0 saturated carbocycles. The summed E-state index contributed by atoms with van der Waals surface area (Å²) in [5.41, 5.74) is 4.92. The van der Waals surface area contributed by atoms with E-state index in [0.29, 0.717) is 16.3 Å². The van der Waals surface area contributed by atoms with Crippen molar-refractivity contribution in [1.82, 2.24) is 16.2 Å². The molecule has 1 aromatic carbocycles. The third-order valence-electron chi connectivity index (χ3n) is 3.65. The summed E-state index contributed by atoms with van der Waals surface area (Å²) in [5, 5.41) is 6.86. The Labute approximate surface area is 169 Å². The number of carbonyl (C=O) groups is 4. The molecule has 0 unspecified atom stereocenters. The van der Waals surface area contributed by atoms with Gasteiger partial charge in [-0.15, -0.1) is 11.3 Å². The van der Waals surface area contributed by atoms with E-state index in [2.05, 4.69) is 16.1 Å². The average molecular weight is 412 g/mol. The Kier molecular flexibility index (Phi) is 6.38. The summed E-state index contributed by atoms with van der Waals surface area (Å²) < 4.78 is 5.03. The van der Waals surface area contributed by atoms with Crippen molar-refractivity contribution in [1.29, 1.82) is 0 Å². The monoisotopic (exact) mass is 412 g/mol. The summed E-state index contributed by atoms with van der Waals surface area (Å²) in [5.74, 6) is -2.32. The number of hydrogen-bond donors (Lipinski definition) is 4. The molecule has 10 heteroatoms. The van der Waals surface area contributed by atoms with Gasteiger partial charge < -0.3 is 15.1 Å². The molecular formula is C19H16N4O5S. The fourth-order valence-electron chi connectivity index (χ4n) is 2.21. The zero-order valence-corrected chi connectivity index (χ0v) is 15.7. The number of furan rings is 1. The Morgan fingerprint density at radius 2 is 1.66 bits per heavy atom. The number of thiophene rings is 1. The molecule has 0 aliphatic heterocycles. The van der Waals surface area contributed by atoms with Gasteiger partial charge in [-0.2, -0.15) is 0 Å². The quantitative estimate of drug-likeness (QED) is 0.374. The molecule has 3 aromatic rings. The van der Waals surface area contributed by atoms with Gasteiger partial charge in [0.25, 0.3) is 11.8 Å². The van der Waals surface area contributed by atoms with Gasteiger partial charge in [-0.3, -0.25) is 30.0 Å². The van der Waals surface area contributed by atoms with Gasteiger partial charge in [-0.25, -0.2) is 0 Å². The molecule has 4 N–H and O–H groups in total. The summed E-state index contributed by atoms with van der Waals surface area (Å²) in [4.78, 5) is 48.0. The number of amides is 4. The minimum absolute atomic E-state index is 0.0475. The highest BCUT2D eigenvalue weighted by molar-refractivity contribution is 7.12. The minimum Gasteiger partial charge on any atom is -0.467 e. The summed E-state index contributed by atoms with van der Waals surface area (Å²) in [6, 6.07) is 12.8. The van der Waals surface area contributed by atoms with Crippen LogP contribution in [-0.2, 0) is 16.1 Å². The topological polar surface area (TPSA) is 130 Å². The van der Waals surface area contributed by atoms with E-state index in [4.69, 9.17) is 4.42 Å². The number of rotatable bonds is 5. The van der Waals surface area contributed by atoms with Crippen LogP contribution in [0.2, 0.25) is 0 Å². The van der Waals surface area contributed by atoms with Crippen LogP contribution in [0.1, 0.15) is 25.8 Å². The van der Waals surface area contributed by atoms with Crippen molar-refractivity contribution in [3.63, 3.8) is 0 Å². The second kappa shape index (κ2) is 9.33. The minimum atomic E-state index is -1.02.